The van der Waals surface area contributed by atoms with Crippen LogP contribution in [-0.4, -0.2) is 34.4 Å². The quantitative estimate of drug-likeness (QED) is 0.585. The minimum Gasteiger partial charge on any atom is -0.496 e. The molecule has 0 unspecified atom stereocenters. The largest absolute Gasteiger partial charge is 0.496 e. The van der Waals surface area contributed by atoms with Crippen LogP contribution in [0.1, 0.15) is 5.56 Å². The van der Waals surface area contributed by atoms with Gasteiger partial charge >= 0.3 is 0 Å². The van der Waals surface area contributed by atoms with Gasteiger partial charge in [0, 0.05) is 24.2 Å². The third-order valence-electron chi connectivity index (χ3n) is 2.57. The standard InChI is InChI=1S/C13H18N2O3/c1-16-10-8-12(17-2)11(13(9-10)18-3)4-6-15-7-5-14/h8-9,15H,4,6-7H2,1-3H3. The van der Waals surface area contributed by atoms with E-state index in [1.165, 1.54) is 0 Å². The van der Waals surface area contributed by atoms with Crippen LogP contribution in [0.4, 0.5) is 0 Å². The van der Waals surface area contributed by atoms with E-state index in [1.807, 2.05) is 18.2 Å². The number of rotatable bonds is 7. The van der Waals surface area contributed by atoms with Gasteiger partial charge in [-0.1, -0.05) is 0 Å². The highest BCUT2D eigenvalue weighted by Crippen LogP contribution is 2.34. The number of benzene rings is 1. The van der Waals surface area contributed by atoms with Gasteiger partial charge in [0.15, 0.2) is 0 Å². The number of nitrogens with one attached hydrogen (secondary N) is 1. The highest BCUT2D eigenvalue weighted by Gasteiger charge is 2.12. The molecule has 1 rings (SSSR count). The molecule has 0 fully saturated rings. The number of hydrogen-bond donors (Lipinski definition) is 1. The van der Waals surface area contributed by atoms with Crippen LogP contribution in [-0.2, 0) is 6.42 Å². The molecule has 0 aromatic heterocycles. The molecule has 0 aliphatic rings. The van der Waals surface area contributed by atoms with Crippen molar-refractivity contribution < 1.29 is 14.2 Å². The molecule has 98 valence electrons. The summed E-state index contributed by atoms with van der Waals surface area (Å²) in [6, 6.07) is 5.68. The molecule has 0 bridgehead atoms. The summed E-state index contributed by atoms with van der Waals surface area (Å²) in [5.41, 5.74) is 0.964. The molecule has 0 radical (unpaired) electrons. The van der Waals surface area contributed by atoms with E-state index in [2.05, 4.69) is 5.32 Å². The van der Waals surface area contributed by atoms with Crippen molar-refractivity contribution >= 4 is 0 Å². The summed E-state index contributed by atoms with van der Waals surface area (Å²) >= 11 is 0. The van der Waals surface area contributed by atoms with Crippen LogP contribution in [0.3, 0.4) is 0 Å². The number of nitriles is 1. The zero-order valence-corrected chi connectivity index (χ0v) is 10.9. The van der Waals surface area contributed by atoms with Crippen LogP contribution in [0.25, 0.3) is 0 Å². The Balaban J connectivity index is 2.89. The Morgan fingerprint density at radius 1 is 1.11 bits per heavy atom. The van der Waals surface area contributed by atoms with Gasteiger partial charge < -0.3 is 19.5 Å². The summed E-state index contributed by atoms with van der Waals surface area (Å²) in [4.78, 5) is 0. The highest BCUT2D eigenvalue weighted by atomic mass is 16.5. The molecule has 0 saturated heterocycles. The normalized spacial score (nSPS) is 9.67. The Morgan fingerprint density at radius 3 is 2.17 bits per heavy atom. The van der Waals surface area contributed by atoms with Gasteiger partial charge in [-0.2, -0.15) is 5.26 Å². The Bertz CT molecular complexity index is 402. The molecule has 1 N–H and O–H groups in total. The average Bonchev–Trinajstić information content (AvgIpc) is 2.42. The molecule has 18 heavy (non-hydrogen) atoms. The molecule has 1 aromatic carbocycles. The first-order valence-electron chi connectivity index (χ1n) is 5.63. The van der Waals surface area contributed by atoms with Crippen LogP contribution < -0.4 is 19.5 Å². The predicted octanol–water partition coefficient (Wildman–Crippen LogP) is 1.37. The Morgan fingerprint density at radius 2 is 1.72 bits per heavy atom. The van der Waals surface area contributed by atoms with Crippen LogP contribution >= 0.6 is 0 Å². The third-order valence-corrected chi connectivity index (χ3v) is 2.57. The molecule has 0 atom stereocenters. The van der Waals surface area contributed by atoms with Gasteiger partial charge in [0.1, 0.15) is 17.2 Å². The lowest BCUT2D eigenvalue weighted by molar-refractivity contribution is 0.368. The maximum Gasteiger partial charge on any atom is 0.129 e. The van der Waals surface area contributed by atoms with Gasteiger partial charge in [0.25, 0.3) is 0 Å². The van der Waals surface area contributed by atoms with Crippen LogP contribution in [0.2, 0.25) is 0 Å². The fraction of sp³-hybridized carbons (Fsp3) is 0.462. The molecule has 5 heteroatoms. The average molecular weight is 250 g/mol. The van der Waals surface area contributed by atoms with Crippen molar-refractivity contribution in [3.63, 3.8) is 0 Å². The molecule has 5 nitrogen and oxygen atoms in total. The number of hydrogen-bond acceptors (Lipinski definition) is 5. The summed E-state index contributed by atoms with van der Waals surface area (Å²) in [6.07, 6.45) is 0.720. The second-order valence-corrected chi connectivity index (χ2v) is 3.60. The maximum absolute atomic E-state index is 8.45. The van der Waals surface area contributed by atoms with Crippen molar-refractivity contribution in [2.45, 2.75) is 6.42 Å². The van der Waals surface area contributed by atoms with Crippen molar-refractivity contribution in [1.82, 2.24) is 5.32 Å². The Labute approximate surface area is 107 Å². The van der Waals surface area contributed by atoms with E-state index in [0.717, 1.165) is 23.5 Å². The first-order valence-corrected chi connectivity index (χ1v) is 5.63. The fourth-order valence-electron chi connectivity index (χ4n) is 1.68. The van der Waals surface area contributed by atoms with Gasteiger partial charge in [-0.05, 0) is 6.42 Å². The summed E-state index contributed by atoms with van der Waals surface area (Å²) in [6.45, 7) is 1.02. The van der Waals surface area contributed by atoms with E-state index in [-0.39, 0.29) is 0 Å². The molecule has 1 aromatic rings. The van der Waals surface area contributed by atoms with Crippen molar-refractivity contribution in [3.8, 4) is 23.3 Å². The lowest BCUT2D eigenvalue weighted by Gasteiger charge is -2.15. The van der Waals surface area contributed by atoms with E-state index in [0.29, 0.717) is 18.8 Å². The first kappa shape index (κ1) is 14.1. The van der Waals surface area contributed by atoms with Crippen molar-refractivity contribution in [3.05, 3.63) is 17.7 Å². The van der Waals surface area contributed by atoms with Crippen molar-refractivity contribution in [1.29, 1.82) is 5.26 Å². The minimum absolute atomic E-state index is 0.334. The first-order chi connectivity index (χ1) is 8.76. The number of methoxy groups -OCH3 is 3. The Hall–Kier alpha value is -1.93. The minimum atomic E-state index is 0.334. The van der Waals surface area contributed by atoms with Crippen molar-refractivity contribution in [2.24, 2.45) is 0 Å². The van der Waals surface area contributed by atoms with Gasteiger partial charge in [0.2, 0.25) is 0 Å². The second-order valence-electron chi connectivity index (χ2n) is 3.60. The van der Waals surface area contributed by atoms with Gasteiger partial charge in [-0.15, -0.1) is 0 Å². The zero-order valence-electron chi connectivity index (χ0n) is 10.9. The van der Waals surface area contributed by atoms with Crippen molar-refractivity contribution in [2.75, 3.05) is 34.4 Å². The molecule has 0 aliphatic carbocycles. The molecular formula is C13H18N2O3. The smallest absolute Gasteiger partial charge is 0.129 e. The molecule has 0 spiro atoms. The zero-order chi connectivity index (χ0) is 13.4. The highest BCUT2D eigenvalue weighted by molar-refractivity contribution is 5.50. The summed E-state index contributed by atoms with van der Waals surface area (Å²) in [7, 11) is 4.82. The van der Waals surface area contributed by atoms with Crippen LogP contribution in [0.5, 0.6) is 17.2 Å². The van der Waals surface area contributed by atoms with E-state index >= 15 is 0 Å². The SMILES string of the molecule is COc1cc(OC)c(CCNCC#N)c(OC)c1. The molecule has 0 amide bonds. The summed E-state index contributed by atoms with van der Waals surface area (Å²) < 4.78 is 15.8. The van der Waals surface area contributed by atoms with Gasteiger partial charge in [-0.25, -0.2) is 0 Å². The summed E-state index contributed by atoms with van der Waals surface area (Å²) in [5.74, 6) is 2.15. The van der Waals surface area contributed by atoms with E-state index in [9.17, 15) is 0 Å². The molecular weight excluding hydrogens is 232 g/mol. The predicted molar refractivity (Wildman–Crippen MR) is 68.3 cm³/mol. The monoisotopic (exact) mass is 250 g/mol. The number of ether oxygens (including phenoxy) is 3. The van der Waals surface area contributed by atoms with Gasteiger partial charge in [0.05, 0.1) is 33.9 Å². The third kappa shape index (κ3) is 3.54. The topological polar surface area (TPSA) is 63.5 Å². The number of nitrogens with zero attached hydrogens (tertiary/aromatic N) is 1. The van der Waals surface area contributed by atoms with E-state index in [1.54, 1.807) is 21.3 Å². The van der Waals surface area contributed by atoms with E-state index in [4.69, 9.17) is 19.5 Å². The molecule has 0 saturated carbocycles. The van der Waals surface area contributed by atoms with Crippen LogP contribution in [0, 0.1) is 11.3 Å². The molecule has 0 heterocycles. The van der Waals surface area contributed by atoms with Crippen LogP contribution in [0.15, 0.2) is 12.1 Å². The maximum atomic E-state index is 8.45. The lowest BCUT2D eigenvalue weighted by Crippen LogP contribution is -2.17. The molecule has 0 aliphatic heterocycles. The lowest BCUT2D eigenvalue weighted by atomic mass is 10.1. The summed E-state index contributed by atoms with van der Waals surface area (Å²) in [5, 5.41) is 11.5. The fourth-order valence-corrected chi connectivity index (χ4v) is 1.68. The van der Waals surface area contributed by atoms with E-state index < -0.39 is 0 Å². The Kier molecular flexibility index (Phi) is 5.81. The second kappa shape index (κ2) is 7.41. The van der Waals surface area contributed by atoms with Gasteiger partial charge in [-0.3, -0.25) is 0 Å².